The molecule has 0 saturated heterocycles. The van der Waals surface area contributed by atoms with Crippen molar-refractivity contribution in [2.45, 2.75) is 39.2 Å². The molecule has 2 amide bonds. The summed E-state index contributed by atoms with van der Waals surface area (Å²) in [5, 5.41) is 11.7. The molecule has 116 valence electrons. The monoisotopic (exact) mass is 292 g/mol. The number of carbonyl (C=O) groups excluding carboxylic acids is 1. The highest BCUT2D eigenvalue weighted by Crippen LogP contribution is 2.14. The average Bonchev–Trinajstić information content (AvgIpc) is 2.43. The molecule has 5 heteroatoms. The molecule has 2 N–H and O–H groups in total. The molecule has 1 aromatic rings. The Labute approximate surface area is 126 Å². The molecule has 0 radical (unpaired) electrons. The van der Waals surface area contributed by atoms with Crippen LogP contribution in [0, 0.1) is 0 Å². The summed E-state index contributed by atoms with van der Waals surface area (Å²) >= 11 is 0. The molecule has 0 aliphatic carbocycles. The first-order chi connectivity index (χ1) is 9.84. The van der Waals surface area contributed by atoms with Crippen LogP contribution in [0.5, 0.6) is 0 Å². The number of carboxylic acids is 1. The van der Waals surface area contributed by atoms with E-state index >= 15 is 0 Å². The van der Waals surface area contributed by atoms with Gasteiger partial charge in [-0.2, -0.15) is 0 Å². The fraction of sp³-hybridized carbons (Fsp3) is 0.500. The van der Waals surface area contributed by atoms with Crippen molar-refractivity contribution < 1.29 is 14.7 Å². The number of likely N-dealkylation sites (N-methyl/N-ethyl adjacent to an activating group) is 1. The normalized spacial score (nSPS) is 11.0. The summed E-state index contributed by atoms with van der Waals surface area (Å²) < 4.78 is 0. The molecule has 0 aliphatic rings. The van der Waals surface area contributed by atoms with Gasteiger partial charge in [0.1, 0.15) is 6.54 Å². The Bertz CT molecular complexity index is 472. The molecule has 21 heavy (non-hydrogen) atoms. The molecule has 1 aromatic carbocycles. The Balaban J connectivity index is 2.54. The molecule has 0 spiro atoms. The van der Waals surface area contributed by atoms with Crippen LogP contribution in [0.25, 0.3) is 0 Å². The van der Waals surface area contributed by atoms with Crippen LogP contribution in [-0.2, 0) is 11.2 Å². The fourth-order valence-electron chi connectivity index (χ4n) is 2.02. The van der Waals surface area contributed by atoms with Gasteiger partial charge < -0.3 is 15.3 Å². The number of carboxylic acid groups (broad SMARTS) is 1. The van der Waals surface area contributed by atoms with Gasteiger partial charge in [0.2, 0.25) is 0 Å². The molecule has 0 bridgehead atoms. The van der Waals surface area contributed by atoms with Crippen molar-refractivity contribution in [2.75, 3.05) is 13.1 Å². The minimum absolute atomic E-state index is 0.281. The predicted molar refractivity (Wildman–Crippen MR) is 82.3 cm³/mol. The smallest absolute Gasteiger partial charge is 0.323 e. The van der Waals surface area contributed by atoms with Crippen LogP contribution < -0.4 is 5.32 Å². The Morgan fingerprint density at radius 3 is 2.38 bits per heavy atom. The lowest BCUT2D eigenvalue weighted by molar-refractivity contribution is -0.137. The van der Waals surface area contributed by atoms with Crippen LogP contribution in [0.2, 0.25) is 0 Å². The lowest BCUT2D eigenvalue weighted by atomic mass is 9.95. The minimum Gasteiger partial charge on any atom is -0.480 e. The summed E-state index contributed by atoms with van der Waals surface area (Å²) in [4.78, 5) is 24.1. The molecule has 0 aromatic heterocycles. The summed E-state index contributed by atoms with van der Waals surface area (Å²) in [6, 6.07) is 9.74. The van der Waals surface area contributed by atoms with Gasteiger partial charge in [0.05, 0.1) is 0 Å². The lowest BCUT2D eigenvalue weighted by Gasteiger charge is -2.30. The van der Waals surface area contributed by atoms with Gasteiger partial charge in [-0.05, 0) is 39.2 Å². The number of nitrogens with zero attached hydrogens (tertiary/aromatic N) is 1. The van der Waals surface area contributed by atoms with Crippen LogP contribution in [0.4, 0.5) is 4.79 Å². The van der Waals surface area contributed by atoms with Crippen LogP contribution in [-0.4, -0.2) is 40.6 Å². The zero-order valence-corrected chi connectivity index (χ0v) is 12.9. The summed E-state index contributed by atoms with van der Waals surface area (Å²) in [5.41, 5.74) is 0.830. The number of rotatable bonds is 7. The number of carbonyl (C=O) groups is 2. The quantitative estimate of drug-likeness (QED) is 0.811. The fourth-order valence-corrected chi connectivity index (χ4v) is 2.02. The summed E-state index contributed by atoms with van der Waals surface area (Å²) in [6.45, 7) is 5.74. The number of aryl methyl sites for hydroxylation is 1. The molecule has 0 heterocycles. The van der Waals surface area contributed by atoms with Crippen molar-refractivity contribution in [3.05, 3.63) is 35.9 Å². The number of amides is 2. The molecule has 0 fully saturated rings. The van der Waals surface area contributed by atoms with Gasteiger partial charge in [-0.1, -0.05) is 30.3 Å². The molecule has 0 unspecified atom stereocenters. The van der Waals surface area contributed by atoms with Gasteiger partial charge in [0.25, 0.3) is 0 Å². The van der Waals surface area contributed by atoms with E-state index in [4.69, 9.17) is 5.11 Å². The Morgan fingerprint density at radius 1 is 1.24 bits per heavy atom. The third-order valence-corrected chi connectivity index (χ3v) is 3.32. The predicted octanol–water partition coefficient (Wildman–Crippen LogP) is 2.51. The maximum absolute atomic E-state index is 12.1. The molecular weight excluding hydrogens is 268 g/mol. The van der Waals surface area contributed by atoms with Gasteiger partial charge in [0, 0.05) is 12.1 Å². The lowest BCUT2D eigenvalue weighted by Crippen LogP contribution is -2.51. The Kier molecular flexibility index (Phi) is 6.21. The van der Waals surface area contributed by atoms with Crippen LogP contribution in [0.1, 0.15) is 32.8 Å². The highest BCUT2D eigenvalue weighted by Gasteiger charge is 2.24. The van der Waals surface area contributed by atoms with Gasteiger partial charge in [-0.15, -0.1) is 0 Å². The van der Waals surface area contributed by atoms with Gasteiger partial charge in [-0.3, -0.25) is 4.79 Å². The van der Waals surface area contributed by atoms with Crippen molar-refractivity contribution >= 4 is 12.0 Å². The number of aliphatic carboxylic acids is 1. The van der Waals surface area contributed by atoms with E-state index in [-0.39, 0.29) is 12.6 Å². The minimum atomic E-state index is -1.01. The SMILES string of the molecule is CCN(CC(=O)O)C(=O)NC(C)(C)CCc1ccccc1. The highest BCUT2D eigenvalue weighted by molar-refractivity contribution is 5.80. The van der Waals surface area contributed by atoms with E-state index in [0.717, 1.165) is 12.8 Å². The average molecular weight is 292 g/mol. The third kappa shape index (κ3) is 6.29. The van der Waals surface area contributed by atoms with Crippen molar-refractivity contribution in [1.82, 2.24) is 10.2 Å². The first-order valence-electron chi connectivity index (χ1n) is 7.17. The van der Waals surface area contributed by atoms with Gasteiger partial charge >= 0.3 is 12.0 Å². The Hall–Kier alpha value is -2.04. The number of benzene rings is 1. The van der Waals surface area contributed by atoms with E-state index in [1.165, 1.54) is 10.5 Å². The summed E-state index contributed by atoms with van der Waals surface area (Å²) in [5.74, 6) is -1.01. The van der Waals surface area contributed by atoms with Gasteiger partial charge in [0.15, 0.2) is 0 Å². The number of hydrogen-bond donors (Lipinski definition) is 2. The second-order valence-corrected chi connectivity index (χ2v) is 5.71. The molecule has 0 saturated carbocycles. The Morgan fingerprint density at radius 2 is 1.86 bits per heavy atom. The van der Waals surface area contributed by atoms with Gasteiger partial charge in [-0.25, -0.2) is 4.79 Å². The topological polar surface area (TPSA) is 69.6 Å². The molecule has 5 nitrogen and oxygen atoms in total. The highest BCUT2D eigenvalue weighted by atomic mass is 16.4. The van der Waals surface area contributed by atoms with Crippen molar-refractivity contribution in [1.29, 1.82) is 0 Å². The first kappa shape index (κ1) is 17.0. The summed E-state index contributed by atoms with van der Waals surface area (Å²) in [7, 11) is 0. The zero-order valence-electron chi connectivity index (χ0n) is 12.9. The van der Waals surface area contributed by atoms with E-state index in [1.54, 1.807) is 6.92 Å². The van der Waals surface area contributed by atoms with Crippen molar-refractivity contribution in [2.24, 2.45) is 0 Å². The molecular formula is C16H24N2O3. The van der Waals surface area contributed by atoms with E-state index in [1.807, 2.05) is 32.0 Å². The molecule has 0 aliphatic heterocycles. The van der Waals surface area contributed by atoms with Crippen molar-refractivity contribution in [3.8, 4) is 0 Å². The van der Waals surface area contributed by atoms with E-state index in [0.29, 0.717) is 6.54 Å². The van der Waals surface area contributed by atoms with E-state index in [9.17, 15) is 9.59 Å². The van der Waals surface area contributed by atoms with E-state index in [2.05, 4.69) is 17.4 Å². The number of nitrogens with one attached hydrogen (secondary N) is 1. The number of urea groups is 1. The van der Waals surface area contributed by atoms with Crippen LogP contribution in [0.3, 0.4) is 0 Å². The largest absolute Gasteiger partial charge is 0.480 e. The third-order valence-electron chi connectivity index (χ3n) is 3.32. The summed E-state index contributed by atoms with van der Waals surface area (Å²) in [6.07, 6.45) is 1.65. The standard InChI is InChI=1S/C16H24N2O3/c1-4-18(12-14(19)20)15(21)17-16(2,3)11-10-13-8-6-5-7-9-13/h5-9H,4,10-12H2,1-3H3,(H,17,21)(H,19,20). The maximum atomic E-state index is 12.1. The van der Waals surface area contributed by atoms with Crippen LogP contribution in [0.15, 0.2) is 30.3 Å². The first-order valence-corrected chi connectivity index (χ1v) is 7.17. The second-order valence-electron chi connectivity index (χ2n) is 5.71. The number of hydrogen-bond acceptors (Lipinski definition) is 2. The van der Waals surface area contributed by atoms with Crippen LogP contribution >= 0.6 is 0 Å². The molecule has 0 atom stereocenters. The van der Waals surface area contributed by atoms with E-state index < -0.39 is 11.5 Å². The zero-order chi connectivity index (χ0) is 15.9. The maximum Gasteiger partial charge on any atom is 0.323 e. The molecule has 1 rings (SSSR count). The van der Waals surface area contributed by atoms with Crippen molar-refractivity contribution in [3.63, 3.8) is 0 Å². The second kappa shape index (κ2) is 7.67.